The van der Waals surface area contributed by atoms with Gasteiger partial charge in [0.25, 0.3) is 5.56 Å². The molecule has 0 saturated heterocycles. The van der Waals surface area contributed by atoms with Gasteiger partial charge in [0.2, 0.25) is 0 Å². The third kappa shape index (κ3) is 3.16. The van der Waals surface area contributed by atoms with Crippen LogP contribution in [0.4, 0.5) is 0 Å². The van der Waals surface area contributed by atoms with Gasteiger partial charge in [-0.05, 0) is 66.9 Å². The number of hydrogen-bond acceptors (Lipinski definition) is 3. The van der Waals surface area contributed by atoms with Crippen molar-refractivity contribution in [1.29, 1.82) is 0 Å². The van der Waals surface area contributed by atoms with Crippen molar-refractivity contribution < 1.29 is 5.11 Å². The molecule has 2 N–H and O–H groups in total. The van der Waals surface area contributed by atoms with E-state index >= 15 is 0 Å². The molecule has 3 rings (SSSR count). The number of phenolic OH excluding ortho intramolecular Hbond substituents is 1. The number of aromatic nitrogens is 2. The van der Waals surface area contributed by atoms with E-state index < -0.39 is 0 Å². The van der Waals surface area contributed by atoms with E-state index in [0.29, 0.717) is 21.0 Å². The maximum absolute atomic E-state index is 12.2. The highest BCUT2D eigenvalue weighted by Crippen LogP contribution is 2.26. The van der Waals surface area contributed by atoms with Crippen LogP contribution in [-0.4, -0.2) is 15.1 Å². The van der Waals surface area contributed by atoms with Crippen LogP contribution in [0.3, 0.4) is 0 Å². The van der Waals surface area contributed by atoms with E-state index in [1.54, 1.807) is 36.4 Å². The van der Waals surface area contributed by atoms with Crippen LogP contribution < -0.4 is 5.56 Å². The number of aromatic amines is 1. The molecule has 3 aromatic rings. The van der Waals surface area contributed by atoms with Gasteiger partial charge in [0.05, 0.1) is 15.9 Å². The first-order valence-electron chi connectivity index (χ1n) is 7.22. The van der Waals surface area contributed by atoms with Crippen LogP contribution in [0, 0.1) is 13.8 Å². The van der Waals surface area contributed by atoms with E-state index in [-0.39, 0.29) is 17.1 Å². The number of H-pyrrole nitrogens is 1. The molecule has 0 atom stereocenters. The SMILES string of the molecule is Cc1cc(/C=C(\Cl)c2nc3cc(Cl)ccc3c(=O)[nH]2)cc(C)c1O. The zero-order chi connectivity index (χ0) is 17.4. The Morgan fingerprint density at radius 1 is 1.21 bits per heavy atom. The highest BCUT2D eigenvalue weighted by molar-refractivity contribution is 6.50. The summed E-state index contributed by atoms with van der Waals surface area (Å²) in [7, 11) is 0. The monoisotopic (exact) mass is 360 g/mol. The van der Waals surface area contributed by atoms with Gasteiger partial charge in [0.15, 0.2) is 5.82 Å². The molecule has 0 bridgehead atoms. The molecular formula is C18H14Cl2N2O2. The van der Waals surface area contributed by atoms with Crippen molar-refractivity contribution in [1.82, 2.24) is 9.97 Å². The lowest BCUT2D eigenvalue weighted by molar-refractivity contribution is 0.467. The minimum atomic E-state index is -0.281. The van der Waals surface area contributed by atoms with Crippen molar-refractivity contribution in [2.45, 2.75) is 13.8 Å². The lowest BCUT2D eigenvalue weighted by Gasteiger charge is -2.06. The van der Waals surface area contributed by atoms with Crippen molar-refractivity contribution in [2.75, 3.05) is 0 Å². The normalized spacial score (nSPS) is 11.9. The predicted octanol–water partition coefficient (Wildman–Crippen LogP) is 4.64. The summed E-state index contributed by atoms with van der Waals surface area (Å²) in [5.74, 6) is 0.523. The number of phenols is 1. The number of hydrogen-bond donors (Lipinski definition) is 2. The molecule has 6 heteroatoms. The lowest BCUT2D eigenvalue weighted by Crippen LogP contribution is -2.10. The molecule has 1 heterocycles. The summed E-state index contributed by atoms with van der Waals surface area (Å²) in [6, 6.07) is 8.49. The molecule has 4 nitrogen and oxygen atoms in total. The van der Waals surface area contributed by atoms with E-state index in [2.05, 4.69) is 9.97 Å². The Balaban J connectivity index is 2.11. The fourth-order valence-corrected chi connectivity index (χ4v) is 2.89. The van der Waals surface area contributed by atoms with Crippen LogP contribution in [0.1, 0.15) is 22.5 Å². The van der Waals surface area contributed by atoms with Crippen LogP contribution >= 0.6 is 23.2 Å². The van der Waals surface area contributed by atoms with Crippen molar-refractivity contribution in [3.63, 3.8) is 0 Å². The number of aromatic hydroxyl groups is 1. The molecule has 0 unspecified atom stereocenters. The molecular weight excluding hydrogens is 347 g/mol. The van der Waals surface area contributed by atoms with Gasteiger partial charge in [-0.3, -0.25) is 4.79 Å². The molecule has 24 heavy (non-hydrogen) atoms. The number of nitrogens with one attached hydrogen (secondary N) is 1. The number of rotatable bonds is 2. The Morgan fingerprint density at radius 3 is 2.54 bits per heavy atom. The lowest BCUT2D eigenvalue weighted by atomic mass is 10.1. The highest BCUT2D eigenvalue weighted by atomic mass is 35.5. The summed E-state index contributed by atoms with van der Waals surface area (Å²) in [4.78, 5) is 19.2. The first-order chi connectivity index (χ1) is 11.3. The highest BCUT2D eigenvalue weighted by Gasteiger charge is 2.08. The molecule has 0 aliphatic carbocycles. The van der Waals surface area contributed by atoms with Gasteiger partial charge in [-0.15, -0.1) is 0 Å². The average molecular weight is 361 g/mol. The quantitative estimate of drug-likeness (QED) is 0.699. The predicted molar refractivity (Wildman–Crippen MR) is 98.7 cm³/mol. The summed E-state index contributed by atoms with van der Waals surface area (Å²) in [5.41, 5.74) is 2.50. The van der Waals surface area contributed by atoms with Crippen molar-refractivity contribution in [3.05, 3.63) is 68.2 Å². The van der Waals surface area contributed by atoms with E-state index in [1.807, 2.05) is 13.8 Å². The Morgan fingerprint density at radius 2 is 1.88 bits per heavy atom. The summed E-state index contributed by atoms with van der Waals surface area (Å²) >= 11 is 12.3. The number of halogens is 2. The van der Waals surface area contributed by atoms with Crippen LogP contribution in [0.15, 0.2) is 35.1 Å². The second-order valence-electron chi connectivity index (χ2n) is 5.57. The molecule has 2 aromatic carbocycles. The van der Waals surface area contributed by atoms with E-state index in [9.17, 15) is 9.90 Å². The molecule has 1 aromatic heterocycles. The maximum atomic E-state index is 12.2. The van der Waals surface area contributed by atoms with Gasteiger partial charge >= 0.3 is 0 Å². The van der Waals surface area contributed by atoms with E-state index in [1.165, 1.54) is 0 Å². The molecule has 0 amide bonds. The zero-order valence-corrected chi connectivity index (χ0v) is 14.5. The minimum absolute atomic E-state index is 0.259. The largest absolute Gasteiger partial charge is 0.507 e. The van der Waals surface area contributed by atoms with Crippen molar-refractivity contribution in [2.24, 2.45) is 0 Å². The fraction of sp³-hybridized carbons (Fsp3) is 0.111. The van der Waals surface area contributed by atoms with Gasteiger partial charge < -0.3 is 10.1 Å². The molecule has 0 spiro atoms. The Kier molecular flexibility index (Phi) is 4.35. The third-order valence-electron chi connectivity index (χ3n) is 3.70. The van der Waals surface area contributed by atoms with Crippen LogP contribution in [0.25, 0.3) is 22.0 Å². The smallest absolute Gasteiger partial charge is 0.259 e. The fourth-order valence-electron chi connectivity index (χ4n) is 2.51. The van der Waals surface area contributed by atoms with Gasteiger partial charge in [-0.1, -0.05) is 23.2 Å². The summed E-state index contributed by atoms with van der Waals surface area (Å²) in [6.07, 6.45) is 1.69. The van der Waals surface area contributed by atoms with Gasteiger partial charge in [-0.2, -0.15) is 0 Å². The van der Waals surface area contributed by atoms with Crippen LogP contribution in [0.5, 0.6) is 5.75 Å². The number of nitrogens with zero attached hydrogens (tertiary/aromatic N) is 1. The first-order valence-corrected chi connectivity index (χ1v) is 7.98. The first kappa shape index (κ1) is 16.6. The van der Waals surface area contributed by atoms with Crippen LogP contribution in [-0.2, 0) is 0 Å². The molecule has 0 aliphatic rings. The maximum Gasteiger partial charge on any atom is 0.259 e. The molecule has 0 aliphatic heterocycles. The second-order valence-corrected chi connectivity index (χ2v) is 6.42. The third-order valence-corrected chi connectivity index (χ3v) is 4.22. The number of aryl methyl sites for hydroxylation is 2. The van der Waals surface area contributed by atoms with E-state index in [0.717, 1.165) is 16.7 Å². The standard InChI is InChI=1S/C18H14Cl2N2O2/c1-9-5-11(6-10(2)16(9)23)7-14(20)17-21-15-8-12(19)3-4-13(15)18(24)22-17/h3-8,23H,1-2H3,(H,21,22,24)/b14-7-. The molecule has 122 valence electrons. The molecule has 0 fully saturated rings. The zero-order valence-electron chi connectivity index (χ0n) is 13.0. The summed E-state index contributed by atoms with van der Waals surface area (Å²) < 4.78 is 0. The summed E-state index contributed by atoms with van der Waals surface area (Å²) in [6.45, 7) is 3.62. The van der Waals surface area contributed by atoms with Gasteiger partial charge in [0, 0.05) is 5.02 Å². The second kappa shape index (κ2) is 6.30. The van der Waals surface area contributed by atoms with E-state index in [4.69, 9.17) is 23.2 Å². The number of benzene rings is 2. The molecule has 0 saturated carbocycles. The van der Waals surface area contributed by atoms with Crippen LogP contribution in [0.2, 0.25) is 5.02 Å². The topological polar surface area (TPSA) is 66.0 Å². The minimum Gasteiger partial charge on any atom is -0.507 e. The number of fused-ring (bicyclic) bond motifs is 1. The summed E-state index contributed by atoms with van der Waals surface area (Å²) in [5, 5.41) is 11.1. The van der Waals surface area contributed by atoms with Crippen molar-refractivity contribution in [3.8, 4) is 5.75 Å². The Labute approximate surface area is 148 Å². The Hall–Kier alpha value is -2.30. The van der Waals surface area contributed by atoms with Gasteiger partial charge in [0.1, 0.15) is 5.75 Å². The average Bonchev–Trinajstić information content (AvgIpc) is 2.51. The molecule has 0 radical (unpaired) electrons. The van der Waals surface area contributed by atoms with Gasteiger partial charge in [-0.25, -0.2) is 4.98 Å². The van der Waals surface area contributed by atoms with Crippen molar-refractivity contribution >= 4 is 45.2 Å². The Bertz CT molecular complexity index is 1020.